The lowest BCUT2D eigenvalue weighted by molar-refractivity contribution is -0.672. The number of unbranched alkanes of at least 4 members (excludes halogenated alkanes) is 1. The molecule has 0 amide bonds. The molecule has 1 aromatic heterocycles. The van der Waals surface area contributed by atoms with E-state index in [9.17, 15) is 0 Å². The molecule has 1 aromatic rings. The molecule has 0 radical (unpaired) electrons. The van der Waals surface area contributed by atoms with Crippen LogP contribution < -0.4 is 28.5 Å². The number of oxime groups is 1. The van der Waals surface area contributed by atoms with Crippen molar-refractivity contribution in [3.63, 3.8) is 0 Å². The largest absolute Gasteiger partial charge is 1.00 e. The van der Waals surface area contributed by atoms with Gasteiger partial charge in [0.2, 0.25) is 5.69 Å². The van der Waals surface area contributed by atoms with E-state index in [-0.39, 0.29) is 24.0 Å². The van der Waals surface area contributed by atoms with Gasteiger partial charge in [0.15, 0.2) is 6.20 Å². The van der Waals surface area contributed by atoms with E-state index in [2.05, 4.69) is 24.2 Å². The van der Waals surface area contributed by atoms with E-state index in [0.29, 0.717) is 0 Å². The van der Waals surface area contributed by atoms with Crippen LogP contribution in [0.2, 0.25) is 0 Å². The third-order valence-corrected chi connectivity index (χ3v) is 2.26. The zero-order chi connectivity index (χ0) is 10.4. The Morgan fingerprint density at radius 1 is 1.53 bits per heavy atom. The molecule has 0 atom stereocenters. The Balaban J connectivity index is 0.00000196. The van der Waals surface area contributed by atoms with Gasteiger partial charge in [0.25, 0.3) is 0 Å². The summed E-state index contributed by atoms with van der Waals surface area (Å²) in [5, 5.41) is 11.5. The minimum Gasteiger partial charge on any atom is -1.00 e. The number of halogens is 1. The van der Waals surface area contributed by atoms with Gasteiger partial charge in [-0.25, -0.2) is 4.57 Å². The SMILES string of the molecule is CCCCc1cc[n+](C)c(/C=N/O)c1.[I-]. The molecule has 0 aliphatic rings. The number of hydrogen-bond donors (Lipinski definition) is 1. The van der Waals surface area contributed by atoms with Crippen LogP contribution in [0, 0.1) is 0 Å². The van der Waals surface area contributed by atoms with Crippen molar-refractivity contribution in [1.29, 1.82) is 0 Å². The van der Waals surface area contributed by atoms with Crippen LogP contribution in [0.4, 0.5) is 0 Å². The number of hydrogen-bond acceptors (Lipinski definition) is 2. The van der Waals surface area contributed by atoms with E-state index in [4.69, 9.17) is 5.21 Å². The molecule has 0 saturated heterocycles. The molecule has 0 aliphatic heterocycles. The van der Waals surface area contributed by atoms with E-state index >= 15 is 0 Å². The highest BCUT2D eigenvalue weighted by Gasteiger charge is 2.04. The fraction of sp³-hybridized carbons (Fsp3) is 0.455. The molecule has 0 bridgehead atoms. The van der Waals surface area contributed by atoms with Gasteiger partial charge in [0.05, 0.1) is 0 Å². The summed E-state index contributed by atoms with van der Waals surface area (Å²) in [5.41, 5.74) is 2.21. The molecule has 3 nitrogen and oxygen atoms in total. The van der Waals surface area contributed by atoms with Crippen molar-refractivity contribution < 1.29 is 33.8 Å². The molecular weight excluding hydrogens is 303 g/mol. The maximum Gasteiger partial charge on any atom is 0.227 e. The van der Waals surface area contributed by atoms with Gasteiger partial charge < -0.3 is 29.2 Å². The molecular formula is C11H17IN2O. The number of aromatic nitrogens is 1. The summed E-state index contributed by atoms with van der Waals surface area (Å²) < 4.78 is 1.93. The maximum atomic E-state index is 8.47. The lowest BCUT2D eigenvalue weighted by Gasteiger charge is -1.99. The Morgan fingerprint density at radius 2 is 2.27 bits per heavy atom. The molecule has 1 heterocycles. The summed E-state index contributed by atoms with van der Waals surface area (Å²) in [6.45, 7) is 2.18. The third kappa shape index (κ3) is 4.59. The Morgan fingerprint density at radius 3 is 2.87 bits per heavy atom. The average molecular weight is 320 g/mol. The fourth-order valence-corrected chi connectivity index (χ4v) is 1.36. The molecule has 0 aliphatic carbocycles. The van der Waals surface area contributed by atoms with Gasteiger partial charge in [-0.3, -0.25) is 0 Å². The fourth-order valence-electron chi connectivity index (χ4n) is 1.36. The van der Waals surface area contributed by atoms with E-state index in [0.717, 1.165) is 12.1 Å². The summed E-state index contributed by atoms with van der Waals surface area (Å²) in [5.74, 6) is 0. The van der Waals surface area contributed by atoms with Crippen LogP contribution in [-0.4, -0.2) is 11.4 Å². The van der Waals surface area contributed by atoms with Gasteiger partial charge in [-0.15, -0.1) is 0 Å². The molecule has 0 unspecified atom stereocenters. The Bertz CT molecular complexity index is 326. The van der Waals surface area contributed by atoms with Crippen molar-refractivity contribution >= 4 is 6.21 Å². The molecule has 1 rings (SSSR count). The molecule has 4 heteroatoms. The summed E-state index contributed by atoms with van der Waals surface area (Å²) in [7, 11) is 1.93. The Labute approximate surface area is 108 Å². The van der Waals surface area contributed by atoms with E-state index in [1.54, 1.807) is 0 Å². The minimum absolute atomic E-state index is 0. The van der Waals surface area contributed by atoms with Gasteiger partial charge >= 0.3 is 0 Å². The van der Waals surface area contributed by atoms with E-state index < -0.39 is 0 Å². The lowest BCUT2D eigenvalue weighted by atomic mass is 10.1. The standard InChI is InChI=1S/C11H16N2O.HI/c1-3-4-5-10-6-7-13(2)11(8-10)9-12-14;/h6-9H,3-5H2,1-2H3;1H. The summed E-state index contributed by atoms with van der Waals surface area (Å²) in [6, 6.07) is 4.15. The molecule has 0 spiro atoms. The molecule has 84 valence electrons. The van der Waals surface area contributed by atoms with Gasteiger partial charge in [-0.05, 0) is 18.4 Å². The highest BCUT2D eigenvalue weighted by molar-refractivity contribution is 5.74. The van der Waals surface area contributed by atoms with Crippen LogP contribution in [0.25, 0.3) is 0 Å². The first-order valence-electron chi connectivity index (χ1n) is 4.94. The summed E-state index contributed by atoms with van der Waals surface area (Å²) in [6.07, 6.45) is 6.93. The molecule has 0 saturated carbocycles. The molecule has 0 aromatic carbocycles. The van der Waals surface area contributed by atoms with Gasteiger partial charge in [-0.1, -0.05) is 18.5 Å². The first-order chi connectivity index (χ1) is 6.77. The normalized spacial score (nSPS) is 10.3. The van der Waals surface area contributed by atoms with Crippen molar-refractivity contribution in [3.8, 4) is 0 Å². The summed E-state index contributed by atoms with van der Waals surface area (Å²) in [4.78, 5) is 0. The Hall–Kier alpha value is -0.650. The monoisotopic (exact) mass is 320 g/mol. The zero-order valence-corrected chi connectivity index (χ0v) is 11.3. The average Bonchev–Trinajstić information content (AvgIpc) is 2.19. The maximum absolute atomic E-state index is 8.47. The first-order valence-corrected chi connectivity index (χ1v) is 4.94. The highest BCUT2D eigenvalue weighted by atomic mass is 127. The van der Waals surface area contributed by atoms with Crippen molar-refractivity contribution in [1.82, 2.24) is 0 Å². The molecule has 1 N–H and O–H groups in total. The predicted octanol–water partition coefficient (Wildman–Crippen LogP) is -1.33. The third-order valence-electron chi connectivity index (χ3n) is 2.26. The van der Waals surface area contributed by atoms with Gasteiger partial charge in [0, 0.05) is 12.1 Å². The van der Waals surface area contributed by atoms with Crippen molar-refractivity contribution in [3.05, 3.63) is 29.6 Å². The van der Waals surface area contributed by atoms with Crippen LogP contribution in [0.3, 0.4) is 0 Å². The van der Waals surface area contributed by atoms with Crippen LogP contribution >= 0.6 is 0 Å². The van der Waals surface area contributed by atoms with Crippen molar-refractivity contribution in [2.45, 2.75) is 26.2 Å². The van der Waals surface area contributed by atoms with Crippen LogP contribution in [0.15, 0.2) is 23.5 Å². The lowest BCUT2D eigenvalue weighted by Crippen LogP contribution is -3.00. The minimum atomic E-state index is 0. The quantitative estimate of drug-likeness (QED) is 0.241. The second kappa shape index (κ2) is 7.62. The summed E-state index contributed by atoms with van der Waals surface area (Å²) >= 11 is 0. The Kier molecular flexibility index (Phi) is 7.29. The smallest absolute Gasteiger partial charge is 0.227 e. The number of nitrogens with zero attached hydrogens (tertiary/aromatic N) is 2. The van der Waals surface area contributed by atoms with E-state index in [1.807, 2.05) is 17.8 Å². The zero-order valence-electron chi connectivity index (χ0n) is 9.15. The van der Waals surface area contributed by atoms with Crippen LogP contribution in [0.5, 0.6) is 0 Å². The van der Waals surface area contributed by atoms with Gasteiger partial charge in [-0.2, -0.15) is 0 Å². The van der Waals surface area contributed by atoms with Crippen molar-refractivity contribution in [2.24, 2.45) is 12.2 Å². The second-order valence-corrected chi connectivity index (χ2v) is 3.42. The highest BCUT2D eigenvalue weighted by Crippen LogP contribution is 2.04. The topological polar surface area (TPSA) is 36.5 Å². The van der Waals surface area contributed by atoms with Gasteiger partial charge in [0.1, 0.15) is 13.3 Å². The van der Waals surface area contributed by atoms with Crippen LogP contribution in [0.1, 0.15) is 31.0 Å². The predicted molar refractivity (Wildman–Crippen MR) is 55.6 cm³/mol. The molecule has 15 heavy (non-hydrogen) atoms. The number of rotatable bonds is 4. The van der Waals surface area contributed by atoms with E-state index in [1.165, 1.54) is 24.6 Å². The van der Waals surface area contributed by atoms with Crippen molar-refractivity contribution in [2.75, 3.05) is 0 Å². The van der Waals surface area contributed by atoms with Crippen LogP contribution in [-0.2, 0) is 13.5 Å². The number of pyridine rings is 1. The number of aryl methyl sites for hydroxylation is 2. The first kappa shape index (κ1) is 14.3. The second-order valence-electron chi connectivity index (χ2n) is 3.42. The molecule has 0 fully saturated rings.